The molecular weight excluding hydrogens is 304 g/mol. The van der Waals surface area contributed by atoms with Crippen molar-refractivity contribution in [3.05, 3.63) is 28.8 Å². The molecule has 1 saturated heterocycles. The van der Waals surface area contributed by atoms with E-state index in [2.05, 4.69) is 5.32 Å². The van der Waals surface area contributed by atoms with Gasteiger partial charge < -0.3 is 5.32 Å². The topological polar surface area (TPSA) is 49.4 Å². The Balaban J connectivity index is 2.37. The predicted molar refractivity (Wildman–Crippen MR) is 89.4 cm³/mol. The third kappa shape index (κ3) is 3.80. The summed E-state index contributed by atoms with van der Waals surface area (Å²) in [7, 11) is -3.36. The Bertz CT molecular complexity index is 594. The fraction of sp³-hybridized carbons (Fsp3) is 0.600. The molecule has 1 heterocycles. The zero-order valence-electron chi connectivity index (χ0n) is 13.0. The highest BCUT2D eigenvalue weighted by atomic mass is 32.2. The van der Waals surface area contributed by atoms with E-state index in [-0.39, 0.29) is 0 Å². The SMILES string of the molecule is CCNCc1cc(S(=O)(=O)N2CCSCC2)c(C)cc1C. The maximum atomic E-state index is 12.8. The molecule has 4 nitrogen and oxygen atoms in total. The Kier molecular flexibility index (Phi) is 5.71. The van der Waals surface area contributed by atoms with Crippen molar-refractivity contribution in [3.63, 3.8) is 0 Å². The first-order valence-electron chi connectivity index (χ1n) is 7.35. The molecule has 6 heteroatoms. The van der Waals surface area contributed by atoms with Gasteiger partial charge in [0, 0.05) is 31.1 Å². The Morgan fingerprint density at radius 1 is 1.19 bits per heavy atom. The van der Waals surface area contributed by atoms with E-state index >= 15 is 0 Å². The van der Waals surface area contributed by atoms with E-state index < -0.39 is 10.0 Å². The van der Waals surface area contributed by atoms with Crippen molar-refractivity contribution >= 4 is 21.8 Å². The number of thioether (sulfide) groups is 1. The summed E-state index contributed by atoms with van der Waals surface area (Å²) in [6.45, 7) is 8.78. The van der Waals surface area contributed by atoms with Crippen molar-refractivity contribution in [2.24, 2.45) is 0 Å². The van der Waals surface area contributed by atoms with Crippen molar-refractivity contribution in [2.45, 2.75) is 32.2 Å². The van der Waals surface area contributed by atoms with Crippen LogP contribution in [0.3, 0.4) is 0 Å². The lowest BCUT2D eigenvalue weighted by Gasteiger charge is -2.26. The summed E-state index contributed by atoms with van der Waals surface area (Å²) < 4.78 is 27.3. The van der Waals surface area contributed by atoms with E-state index in [1.165, 1.54) is 0 Å². The molecule has 0 saturated carbocycles. The van der Waals surface area contributed by atoms with Crippen LogP contribution in [0.2, 0.25) is 0 Å². The zero-order valence-corrected chi connectivity index (χ0v) is 14.6. The van der Waals surface area contributed by atoms with Gasteiger partial charge in [0.2, 0.25) is 10.0 Å². The van der Waals surface area contributed by atoms with Crippen molar-refractivity contribution in [2.75, 3.05) is 31.1 Å². The molecule has 1 aliphatic rings. The van der Waals surface area contributed by atoms with Gasteiger partial charge in [0.25, 0.3) is 0 Å². The Morgan fingerprint density at radius 3 is 2.48 bits per heavy atom. The van der Waals surface area contributed by atoms with Crippen LogP contribution in [0.1, 0.15) is 23.6 Å². The van der Waals surface area contributed by atoms with Crippen molar-refractivity contribution in [3.8, 4) is 0 Å². The van der Waals surface area contributed by atoms with Crippen molar-refractivity contribution < 1.29 is 8.42 Å². The third-order valence-corrected chi connectivity index (χ3v) is 6.77. The van der Waals surface area contributed by atoms with E-state index in [0.29, 0.717) is 24.5 Å². The smallest absolute Gasteiger partial charge is 0.243 e. The van der Waals surface area contributed by atoms with Crippen molar-refractivity contribution in [1.82, 2.24) is 9.62 Å². The van der Waals surface area contributed by atoms with E-state index in [0.717, 1.165) is 34.7 Å². The highest BCUT2D eigenvalue weighted by molar-refractivity contribution is 7.99. The number of aryl methyl sites for hydroxylation is 2. The van der Waals surface area contributed by atoms with Gasteiger partial charge in [0.1, 0.15) is 0 Å². The fourth-order valence-corrected chi connectivity index (χ4v) is 5.36. The molecule has 0 radical (unpaired) electrons. The number of hydrogen-bond donors (Lipinski definition) is 1. The van der Waals surface area contributed by atoms with Crippen LogP contribution >= 0.6 is 11.8 Å². The van der Waals surface area contributed by atoms with Gasteiger partial charge in [0.15, 0.2) is 0 Å². The second-order valence-electron chi connectivity index (χ2n) is 5.34. The van der Waals surface area contributed by atoms with Gasteiger partial charge in [-0.25, -0.2) is 8.42 Å². The van der Waals surface area contributed by atoms with Gasteiger partial charge in [-0.3, -0.25) is 0 Å². The minimum absolute atomic E-state index is 0.466. The van der Waals surface area contributed by atoms with E-state index in [9.17, 15) is 8.42 Å². The van der Waals surface area contributed by atoms with Crippen LogP contribution in [0.25, 0.3) is 0 Å². The highest BCUT2D eigenvalue weighted by Crippen LogP contribution is 2.25. The molecule has 0 atom stereocenters. The molecule has 1 N–H and O–H groups in total. The minimum Gasteiger partial charge on any atom is -0.313 e. The summed E-state index contributed by atoms with van der Waals surface area (Å²) in [4.78, 5) is 0.466. The molecule has 1 aliphatic heterocycles. The summed E-state index contributed by atoms with van der Waals surface area (Å²) in [6.07, 6.45) is 0. The molecule has 1 fully saturated rings. The van der Waals surface area contributed by atoms with Crippen LogP contribution < -0.4 is 5.32 Å². The minimum atomic E-state index is -3.36. The molecule has 0 unspecified atom stereocenters. The largest absolute Gasteiger partial charge is 0.313 e. The fourth-order valence-electron chi connectivity index (χ4n) is 2.53. The zero-order chi connectivity index (χ0) is 15.5. The van der Waals surface area contributed by atoms with Crippen LogP contribution in [0.15, 0.2) is 17.0 Å². The molecule has 0 bridgehead atoms. The average Bonchev–Trinajstić information content (AvgIpc) is 2.47. The van der Waals surface area contributed by atoms with Crippen LogP contribution in [0, 0.1) is 13.8 Å². The molecule has 0 amide bonds. The van der Waals surface area contributed by atoms with Crippen molar-refractivity contribution in [1.29, 1.82) is 0 Å². The Hall–Kier alpha value is -0.560. The Morgan fingerprint density at radius 2 is 1.86 bits per heavy atom. The quantitative estimate of drug-likeness (QED) is 0.900. The number of benzene rings is 1. The molecule has 118 valence electrons. The lowest BCUT2D eigenvalue weighted by molar-refractivity contribution is 0.443. The maximum Gasteiger partial charge on any atom is 0.243 e. The molecule has 2 rings (SSSR count). The van der Waals surface area contributed by atoms with E-state index in [1.807, 2.05) is 44.7 Å². The monoisotopic (exact) mass is 328 g/mol. The predicted octanol–water partition coefficient (Wildman–Crippen LogP) is 2.15. The molecule has 0 aliphatic carbocycles. The number of nitrogens with zero attached hydrogens (tertiary/aromatic N) is 1. The van der Waals surface area contributed by atoms with Gasteiger partial charge in [-0.1, -0.05) is 13.0 Å². The standard InChI is InChI=1S/C15H24N2O2S2/c1-4-16-11-14-10-15(13(3)9-12(14)2)21(18,19)17-5-7-20-8-6-17/h9-10,16H,4-8,11H2,1-3H3. The van der Waals surface area contributed by atoms with Gasteiger partial charge in [-0.15, -0.1) is 0 Å². The lowest BCUT2D eigenvalue weighted by Crippen LogP contribution is -2.38. The summed E-state index contributed by atoms with van der Waals surface area (Å²) >= 11 is 1.81. The summed E-state index contributed by atoms with van der Waals surface area (Å²) in [5.74, 6) is 1.77. The molecular formula is C15H24N2O2S2. The van der Waals surface area contributed by atoms with Gasteiger partial charge in [0.05, 0.1) is 4.90 Å². The first-order valence-corrected chi connectivity index (χ1v) is 9.95. The number of sulfonamides is 1. The van der Waals surface area contributed by atoms with Gasteiger partial charge in [-0.2, -0.15) is 16.1 Å². The van der Waals surface area contributed by atoms with Crippen LogP contribution in [0.5, 0.6) is 0 Å². The van der Waals surface area contributed by atoms with Crippen LogP contribution in [-0.4, -0.2) is 43.9 Å². The lowest BCUT2D eigenvalue weighted by atomic mass is 10.1. The summed E-state index contributed by atoms with van der Waals surface area (Å²) in [5, 5.41) is 3.27. The Labute approximate surface area is 132 Å². The highest BCUT2D eigenvalue weighted by Gasteiger charge is 2.28. The number of hydrogen-bond acceptors (Lipinski definition) is 4. The van der Waals surface area contributed by atoms with Crippen LogP contribution in [0.4, 0.5) is 0 Å². The summed E-state index contributed by atoms with van der Waals surface area (Å²) in [6, 6.07) is 3.84. The third-order valence-electron chi connectivity index (χ3n) is 3.79. The van der Waals surface area contributed by atoms with Gasteiger partial charge in [-0.05, 0) is 43.1 Å². The van der Waals surface area contributed by atoms with Crippen LogP contribution in [-0.2, 0) is 16.6 Å². The first kappa shape index (κ1) is 16.8. The van der Waals surface area contributed by atoms with E-state index in [4.69, 9.17) is 0 Å². The maximum absolute atomic E-state index is 12.8. The molecule has 0 aromatic heterocycles. The second-order valence-corrected chi connectivity index (χ2v) is 8.47. The number of nitrogens with one attached hydrogen (secondary N) is 1. The number of rotatable bonds is 5. The second kappa shape index (κ2) is 7.13. The molecule has 1 aromatic rings. The first-order chi connectivity index (χ1) is 9.96. The molecule has 1 aromatic carbocycles. The van der Waals surface area contributed by atoms with E-state index in [1.54, 1.807) is 4.31 Å². The molecule has 21 heavy (non-hydrogen) atoms. The average molecular weight is 329 g/mol. The normalized spacial score (nSPS) is 17.1. The molecule has 0 spiro atoms. The van der Waals surface area contributed by atoms with Gasteiger partial charge >= 0.3 is 0 Å². The summed E-state index contributed by atoms with van der Waals surface area (Å²) in [5.41, 5.74) is 3.04.